The normalized spacial score (nSPS) is 35.3. The van der Waals surface area contributed by atoms with E-state index in [1.807, 2.05) is 12.1 Å². The Morgan fingerprint density at radius 2 is 1.70 bits per heavy atom. The van der Waals surface area contributed by atoms with Gasteiger partial charge in [0, 0.05) is 23.5 Å². The van der Waals surface area contributed by atoms with Gasteiger partial charge >= 0.3 is 0 Å². The van der Waals surface area contributed by atoms with E-state index >= 15 is 0 Å². The maximum atomic E-state index is 14.0. The maximum absolute atomic E-state index is 14.0. The van der Waals surface area contributed by atoms with Gasteiger partial charge in [-0.1, -0.05) is 80.6 Å². The molecule has 4 aliphatic rings. The molecular weight excluding hydrogens is 456 g/mol. The van der Waals surface area contributed by atoms with Crippen molar-refractivity contribution in [2.75, 3.05) is 0 Å². The van der Waals surface area contributed by atoms with Crippen molar-refractivity contribution in [2.24, 2.45) is 34.5 Å². The third kappa shape index (κ3) is 4.23. The van der Waals surface area contributed by atoms with Gasteiger partial charge in [0.05, 0.1) is 6.04 Å². The fraction of sp³-hybridized carbons (Fsp3) is 0.515. The van der Waals surface area contributed by atoms with Crippen molar-refractivity contribution in [1.29, 1.82) is 0 Å². The Labute approximate surface area is 221 Å². The van der Waals surface area contributed by atoms with Crippen molar-refractivity contribution >= 4 is 11.8 Å². The average Bonchev–Trinajstić information content (AvgIpc) is 3.27. The Morgan fingerprint density at radius 1 is 0.973 bits per heavy atom. The SMILES string of the molecule is C[C@]12CCC(=O)NC1=CC[C@@H]1[C@H]2CC[C@]2(C)C(C(=O)N[C@H](Cc3ccccc3)c3ccccc3)CC[C@@H]12. The number of carbonyl (C=O) groups excluding carboxylic acids is 2. The third-order valence-electron chi connectivity index (χ3n) is 10.7. The molecule has 0 aromatic heterocycles. The molecule has 2 saturated carbocycles. The Balaban J connectivity index is 1.22. The third-order valence-corrected chi connectivity index (χ3v) is 10.7. The molecule has 2 aromatic carbocycles. The van der Waals surface area contributed by atoms with Gasteiger partial charge in [-0.3, -0.25) is 9.59 Å². The second-order valence-corrected chi connectivity index (χ2v) is 12.5. The monoisotopic (exact) mass is 496 g/mol. The lowest BCUT2D eigenvalue weighted by molar-refractivity contribution is -0.133. The summed E-state index contributed by atoms with van der Waals surface area (Å²) in [5.74, 6) is 2.24. The van der Waals surface area contributed by atoms with Crippen molar-refractivity contribution in [2.45, 2.75) is 71.3 Å². The molecule has 1 unspecified atom stereocenters. The first-order valence-electron chi connectivity index (χ1n) is 14.3. The average molecular weight is 497 g/mol. The fourth-order valence-electron chi connectivity index (χ4n) is 8.68. The minimum atomic E-state index is -0.0278. The van der Waals surface area contributed by atoms with Crippen LogP contribution in [0.25, 0.3) is 0 Å². The topological polar surface area (TPSA) is 58.2 Å². The molecule has 2 aromatic rings. The van der Waals surface area contributed by atoms with Crippen molar-refractivity contribution < 1.29 is 9.59 Å². The highest BCUT2D eigenvalue weighted by Crippen LogP contribution is 2.65. The van der Waals surface area contributed by atoms with E-state index in [1.54, 1.807) is 0 Å². The number of allylic oxidation sites excluding steroid dienone is 2. The number of piperidine rings is 1. The largest absolute Gasteiger partial charge is 0.349 e. The van der Waals surface area contributed by atoms with Gasteiger partial charge in [-0.15, -0.1) is 0 Å². The van der Waals surface area contributed by atoms with E-state index in [0.717, 1.165) is 44.9 Å². The van der Waals surface area contributed by atoms with Crippen LogP contribution < -0.4 is 10.6 Å². The molecule has 194 valence electrons. The highest BCUT2D eigenvalue weighted by Gasteiger charge is 2.60. The Hall–Kier alpha value is -2.88. The first-order valence-corrected chi connectivity index (χ1v) is 14.3. The predicted octanol–water partition coefficient (Wildman–Crippen LogP) is 6.35. The van der Waals surface area contributed by atoms with Crippen LogP contribution in [0.15, 0.2) is 72.4 Å². The molecule has 3 fully saturated rings. The number of amides is 2. The molecule has 0 spiro atoms. The van der Waals surface area contributed by atoms with Crippen LogP contribution in [0.4, 0.5) is 0 Å². The lowest BCUT2D eigenvalue weighted by Crippen LogP contribution is -2.54. The highest BCUT2D eigenvalue weighted by molar-refractivity contribution is 5.81. The summed E-state index contributed by atoms with van der Waals surface area (Å²) >= 11 is 0. The molecule has 37 heavy (non-hydrogen) atoms. The van der Waals surface area contributed by atoms with Gasteiger partial charge in [0.15, 0.2) is 0 Å². The number of carbonyl (C=O) groups is 2. The van der Waals surface area contributed by atoms with Gasteiger partial charge in [0.25, 0.3) is 0 Å². The van der Waals surface area contributed by atoms with Crippen molar-refractivity contribution in [1.82, 2.24) is 10.6 Å². The predicted molar refractivity (Wildman–Crippen MR) is 146 cm³/mol. The summed E-state index contributed by atoms with van der Waals surface area (Å²) in [7, 11) is 0. The zero-order chi connectivity index (χ0) is 25.6. The second kappa shape index (κ2) is 9.45. The van der Waals surface area contributed by atoms with Crippen LogP contribution in [0.2, 0.25) is 0 Å². The first kappa shape index (κ1) is 24.5. The quantitative estimate of drug-likeness (QED) is 0.507. The Bertz CT molecular complexity index is 1190. The molecule has 1 saturated heterocycles. The molecule has 4 nitrogen and oxygen atoms in total. The molecule has 1 aliphatic heterocycles. The summed E-state index contributed by atoms with van der Waals surface area (Å²) in [6, 6.07) is 20.9. The molecule has 7 atom stereocenters. The smallest absolute Gasteiger partial charge is 0.224 e. The van der Waals surface area contributed by atoms with Crippen molar-refractivity contribution in [3.05, 3.63) is 83.6 Å². The van der Waals surface area contributed by atoms with Crippen LogP contribution in [-0.4, -0.2) is 11.8 Å². The molecule has 0 radical (unpaired) electrons. The molecule has 6 rings (SSSR count). The van der Waals surface area contributed by atoms with Crippen LogP contribution in [-0.2, 0) is 16.0 Å². The van der Waals surface area contributed by atoms with Crippen LogP contribution in [0.3, 0.4) is 0 Å². The van der Waals surface area contributed by atoms with Gasteiger partial charge in [0.1, 0.15) is 0 Å². The minimum absolute atomic E-state index is 0.0278. The highest BCUT2D eigenvalue weighted by atomic mass is 16.2. The van der Waals surface area contributed by atoms with Gasteiger partial charge in [0.2, 0.25) is 11.8 Å². The Morgan fingerprint density at radius 3 is 2.46 bits per heavy atom. The van der Waals surface area contributed by atoms with Crippen LogP contribution in [0.1, 0.15) is 76.0 Å². The van der Waals surface area contributed by atoms with E-state index in [0.29, 0.717) is 24.2 Å². The lowest BCUT2D eigenvalue weighted by Gasteiger charge is -2.57. The number of hydrogen-bond acceptors (Lipinski definition) is 2. The molecule has 4 heteroatoms. The number of benzene rings is 2. The Kier molecular flexibility index (Phi) is 6.25. The standard InChI is InChI=1S/C33H40N2O2/c1-32-19-17-26-24(13-16-29-33(26,2)20-18-30(36)35-29)25(32)14-15-27(32)31(37)34-28(23-11-7-4-8-12-23)21-22-9-5-3-6-10-22/h3-12,16,24-28H,13-15,17-21H2,1-2H3,(H,34,37)(H,35,36)/t24-,25-,26+,27?,28+,32-,33+/m0/s1. The number of hydrogen-bond donors (Lipinski definition) is 2. The zero-order valence-corrected chi connectivity index (χ0v) is 22.2. The lowest BCUT2D eigenvalue weighted by atomic mass is 9.49. The van der Waals surface area contributed by atoms with E-state index in [9.17, 15) is 9.59 Å². The maximum Gasteiger partial charge on any atom is 0.224 e. The van der Waals surface area contributed by atoms with Gasteiger partial charge < -0.3 is 10.6 Å². The first-order chi connectivity index (χ1) is 17.9. The van der Waals surface area contributed by atoms with E-state index in [2.05, 4.69) is 79.1 Å². The fourth-order valence-corrected chi connectivity index (χ4v) is 8.68. The van der Waals surface area contributed by atoms with Gasteiger partial charge in [-0.05, 0) is 79.2 Å². The van der Waals surface area contributed by atoms with Crippen LogP contribution in [0.5, 0.6) is 0 Å². The molecule has 2 amide bonds. The van der Waals surface area contributed by atoms with Gasteiger partial charge in [-0.2, -0.15) is 0 Å². The van der Waals surface area contributed by atoms with Crippen molar-refractivity contribution in [3.8, 4) is 0 Å². The van der Waals surface area contributed by atoms with E-state index in [4.69, 9.17) is 0 Å². The molecule has 3 aliphatic carbocycles. The minimum Gasteiger partial charge on any atom is -0.349 e. The molecule has 2 N–H and O–H groups in total. The number of rotatable bonds is 5. The summed E-state index contributed by atoms with van der Waals surface area (Å²) in [4.78, 5) is 26.1. The summed E-state index contributed by atoms with van der Waals surface area (Å²) in [5, 5.41) is 6.72. The summed E-state index contributed by atoms with van der Waals surface area (Å²) in [5.41, 5.74) is 3.70. The molecular formula is C33H40N2O2. The van der Waals surface area contributed by atoms with E-state index in [1.165, 1.54) is 16.8 Å². The summed E-state index contributed by atoms with van der Waals surface area (Å²) in [6.07, 6.45) is 10.1. The number of fused-ring (bicyclic) bond motifs is 5. The van der Waals surface area contributed by atoms with Gasteiger partial charge in [-0.25, -0.2) is 0 Å². The molecule has 0 bridgehead atoms. The van der Waals surface area contributed by atoms with Crippen molar-refractivity contribution in [3.63, 3.8) is 0 Å². The number of nitrogens with one attached hydrogen (secondary N) is 2. The van der Waals surface area contributed by atoms with Crippen LogP contribution >= 0.6 is 0 Å². The molecule has 1 heterocycles. The summed E-state index contributed by atoms with van der Waals surface area (Å²) < 4.78 is 0. The van der Waals surface area contributed by atoms with Crippen LogP contribution in [0, 0.1) is 34.5 Å². The second-order valence-electron chi connectivity index (χ2n) is 12.5. The summed E-state index contributed by atoms with van der Waals surface area (Å²) in [6.45, 7) is 4.79. The zero-order valence-electron chi connectivity index (χ0n) is 22.2. The van der Waals surface area contributed by atoms with E-state index < -0.39 is 0 Å². The van der Waals surface area contributed by atoms with E-state index in [-0.39, 0.29) is 34.6 Å².